The summed E-state index contributed by atoms with van der Waals surface area (Å²) in [5, 5.41) is 0.491. The van der Waals surface area contributed by atoms with Gasteiger partial charge in [0.15, 0.2) is 0 Å². The SMILES string of the molecule is COC(=O)C(S)CCBr. The molecule has 4 heteroatoms. The summed E-state index contributed by atoms with van der Waals surface area (Å²) < 4.78 is 4.43. The van der Waals surface area contributed by atoms with Crippen molar-refractivity contribution in [2.45, 2.75) is 11.7 Å². The van der Waals surface area contributed by atoms with Gasteiger partial charge in [0.1, 0.15) is 5.25 Å². The predicted octanol–water partition coefficient (Wildman–Crippen LogP) is 1.24. The monoisotopic (exact) mass is 212 g/mol. The molecule has 0 spiro atoms. The number of halogens is 1. The van der Waals surface area contributed by atoms with E-state index in [1.807, 2.05) is 0 Å². The van der Waals surface area contributed by atoms with E-state index in [4.69, 9.17) is 0 Å². The van der Waals surface area contributed by atoms with E-state index in [1.165, 1.54) is 7.11 Å². The van der Waals surface area contributed by atoms with Crippen LogP contribution in [0.5, 0.6) is 0 Å². The number of carbonyl (C=O) groups excluding carboxylic acids is 1. The lowest BCUT2D eigenvalue weighted by Gasteiger charge is -2.03. The summed E-state index contributed by atoms with van der Waals surface area (Å²) in [7, 11) is 1.36. The van der Waals surface area contributed by atoms with Crippen LogP contribution < -0.4 is 0 Å². The van der Waals surface area contributed by atoms with Crippen LogP contribution in [-0.2, 0) is 9.53 Å². The average molecular weight is 213 g/mol. The van der Waals surface area contributed by atoms with Crippen molar-refractivity contribution in [3.63, 3.8) is 0 Å². The Morgan fingerprint density at radius 2 is 2.44 bits per heavy atom. The smallest absolute Gasteiger partial charge is 0.318 e. The van der Waals surface area contributed by atoms with E-state index in [9.17, 15) is 4.79 Å². The summed E-state index contributed by atoms with van der Waals surface area (Å²) in [5.74, 6) is -0.266. The molecule has 1 unspecified atom stereocenters. The largest absolute Gasteiger partial charge is 0.468 e. The van der Waals surface area contributed by atoms with Gasteiger partial charge in [-0.1, -0.05) is 15.9 Å². The van der Waals surface area contributed by atoms with E-state index in [-0.39, 0.29) is 11.2 Å². The van der Waals surface area contributed by atoms with Crippen LogP contribution in [0.25, 0.3) is 0 Å². The molecule has 0 aliphatic heterocycles. The van der Waals surface area contributed by atoms with Crippen LogP contribution in [0.4, 0.5) is 0 Å². The number of rotatable bonds is 3. The molecule has 0 saturated carbocycles. The van der Waals surface area contributed by atoms with Gasteiger partial charge in [0.25, 0.3) is 0 Å². The first-order chi connectivity index (χ1) is 4.22. The minimum absolute atomic E-state index is 0.266. The van der Waals surface area contributed by atoms with Gasteiger partial charge in [0.2, 0.25) is 0 Å². The maximum Gasteiger partial charge on any atom is 0.318 e. The van der Waals surface area contributed by atoms with Crippen LogP contribution in [0.1, 0.15) is 6.42 Å². The Hall–Kier alpha value is 0.300. The van der Waals surface area contributed by atoms with E-state index in [1.54, 1.807) is 0 Å². The molecule has 0 saturated heterocycles. The lowest BCUT2D eigenvalue weighted by molar-refractivity contribution is -0.139. The zero-order valence-corrected chi connectivity index (χ0v) is 7.61. The highest BCUT2D eigenvalue weighted by molar-refractivity contribution is 9.09. The Morgan fingerprint density at radius 3 is 2.78 bits per heavy atom. The number of thiol groups is 1. The molecule has 0 fully saturated rings. The summed E-state index contributed by atoms with van der Waals surface area (Å²) in [6.45, 7) is 0. The van der Waals surface area contributed by atoms with Crippen LogP contribution in [-0.4, -0.2) is 23.7 Å². The first kappa shape index (κ1) is 9.30. The standard InChI is InChI=1S/C5H9BrO2S/c1-8-5(7)4(9)2-3-6/h4,9H,2-3H2,1H3. The Bertz CT molecular complexity index is 97.0. The third-order valence-electron chi connectivity index (χ3n) is 0.856. The molecule has 1 atom stereocenters. The van der Waals surface area contributed by atoms with Crippen LogP contribution in [0.2, 0.25) is 0 Å². The van der Waals surface area contributed by atoms with E-state index in [2.05, 4.69) is 33.3 Å². The highest BCUT2D eigenvalue weighted by Crippen LogP contribution is 2.04. The zero-order chi connectivity index (χ0) is 7.28. The lowest BCUT2D eigenvalue weighted by Crippen LogP contribution is -2.16. The van der Waals surface area contributed by atoms with Crippen molar-refractivity contribution in [1.29, 1.82) is 0 Å². The van der Waals surface area contributed by atoms with Gasteiger partial charge in [0.05, 0.1) is 7.11 Å². The van der Waals surface area contributed by atoms with Crippen LogP contribution in [0.15, 0.2) is 0 Å². The molecule has 0 radical (unpaired) electrons. The van der Waals surface area contributed by atoms with Gasteiger partial charge in [-0.3, -0.25) is 4.79 Å². The van der Waals surface area contributed by atoms with Crippen molar-refractivity contribution in [3.8, 4) is 0 Å². The van der Waals surface area contributed by atoms with Crippen LogP contribution >= 0.6 is 28.6 Å². The third kappa shape index (κ3) is 3.81. The van der Waals surface area contributed by atoms with Crippen molar-refractivity contribution >= 4 is 34.5 Å². The summed E-state index contributed by atoms with van der Waals surface area (Å²) in [4.78, 5) is 10.6. The topological polar surface area (TPSA) is 26.3 Å². The molecule has 2 nitrogen and oxygen atoms in total. The molecular weight excluding hydrogens is 204 g/mol. The van der Waals surface area contributed by atoms with Gasteiger partial charge in [0, 0.05) is 5.33 Å². The minimum Gasteiger partial charge on any atom is -0.468 e. The van der Waals surface area contributed by atoms with Crippen molar-refractivity contribution in [1.82, 2.24) is 0 Å². The van der Waals surface area contributed by atoms with E-state index >= 15 is 0 Å². The number of carbonyl (C=O) groups is 1. The first-order valence-corrected chi connectivity index (χ1v) is 4.18. The van der Waals surface area contributed by atoms with Crippen molar-refractivity contribution in [2.75, 3.05) is 12.4 Å². The van der Waals surface area contributed by atoms with Gasteiger partial charge in [-0.15, -0.1) is 0 Å². The molecule has 0 N–H and O–H groups in total. The predicted molar refractivity (Wildman–Crippen MR) is 43.2 cm³/mol. The highest BCUT2D eigenvalue weighted by Gasteiger charge is 2.11. The van der Waals surface area contributed by atoms with Gasteiger partial charge in [-0.05, 0) is 6.42 Å². The maximum absolute atomic E-state index is 10.6. The van der Waals surface area contributed by atoms with Gasteiger partial charge >= 0.3 is 5.97 Å². The Labute approximate surface area is 68.5 Å². The Kier molecular flexibility index (Phi) is 5.28. The Balaban J connectivity index is 3.45. The molecule has 9 heavy (non-hydrogen) atoms. The third-order valence-corrected chi connectivity index (χ3v) is 1.78. The van der Waals surface area contributed by atoms with Gasteiger partial charge < -0.3 is 4.74 Å². The summed E-state index contributed by atoms with van der Waals surface area (Å²) in [6.07, 6.45) is 0.704. The molecule has 0 aliphatic carbocycles. The number of hydrogen-bond donors (Lipinski definition) is 1. The highest BCUT2D eigenvalue weighted by atomic mass is 79.9. The summed E-state index contributed by atoms with van der Waals surface area (Å²) >= 11 is 7.17. The van der Waals surface area contributed by atoms with Crippen molar-refractivity contribution in [2.24, 2.45) is 0 Å². The quantitative estimate of drug-likeness (QED) is 0.433. The van der Waals surface area contributed by atoms with Crippen LogP contribution in [0.3, 0.4) is 0 Å². The minimum atomic E-state index is -0.283. The molecule has 0 aliphatic rings. The molecule has 0 rings (SSSR count). The Morgan fingerprint density at radius 1 is 1.89 bits per heavy atom. The lowest BCUT2D eigenvalue weighted by atomic mass is 10.3. The molecule has 0 heterocycles. The maximum atomic E-state index is 10.6. The number of methoxy groups -OCH3 is 1. The summed E-state index contributed by atoms with van der Waals surface area (Å²) in [6, 6.07) is 0. The first-order valence-electron chi connectivity index (χ1n) is 2.54. The van der Waals surface area contributed by atoms with Crippen LogP contribution in [0, 0.1) is 0 Å². The molecule has 0 aromatic rings. The van der Waals surface area contributed by atoms with E-state index < -0.39 is 0 Å². The fourth-order valence-corrected chi connectivity index (χ4v) is 1.40. The number of hydrogen-bond acceptors (Lipinski definition) is 3. The van der Waals surface area contributed by atoms with E-state index in [0.717, 1.165) is 5.33 Å². The summed E-state index contributed by atoms with van der Waals surface area (Å²) in [5.41, 5.74) is 0. The zero-order valence-electron chi connectivity index (χ0n) is 5.13. The molecule has 0 aromatic heterocycles. The molecule has 0 amide bonds. The van der Waals surface area contributed by atoms with Gasteiger partial charge in [-0.2, -0.15) is 12.6 Å². The normalized spacial score (nSPS) is 12.8. The molecule has 0 bridgehead atoms. The van der Waals surface area contributed by atoms with Crippen molar-refractivity contribution in [3.05, 3.63) is 0 Å². The fraction of sp³-hybridized carbons (Fsp3) is 0.800. The number of ether oxygens (including phenoxy) is 1. The molecule has 54 valence electrons. The van der Waals surface area contributed by atoms with E-state index in [0.29, 0.717) is 6.42 Å². The molecule has 0 aromatic carbocycles. The second-order valence-electron chi connectivity index (χ2n) is 1.52. The fourth-order valence-electron chi connectivity index (χ4n) is 0.357. The average Bonchev–Trinajstić information content (AvgIpc) is 1.87. The van der Waals surface area contributed by atoms with Gasteiger partial charge in [-0.25, -0.2) is 0 Å². The molecular formula is C5H9BrO2S. The second-order valence-corrected chi connectivity index (χ2v) is 2.93. The number of esters is 1. The second kappa shape index (κ2) is 5.11. The number of alkyl halides is 1. The van der Waals surface area contributed by atoms with Crippen molar-refractivity contribution < 1.29 is 9.53 Å².